The number of carbonyl (C=O) groups excluding carboxylic acids is 2. The Morgan fingerprint density at radius 2 is 2.14 bits per heavy atom. The van der Waals surface area contributed by atoms with Gasteiger partial charge in [0.2, 0.25) is 5.91 Å². The first-order chi connectivity index (χ1) is 13.6. The van der Waals surface area contributed by atoms with Gasteiger partial charge in [0, 0.05) is 12.6 Å². The highest BCUT2D eigenvalue weighted by Crippen LogP contribution is 2.29. The Kier molecular flexibility index (Phi) is 7.66. The second kappa shape index (κ2) is 9.59. The molecule has 1 saturated heterocycles. The highest BCUT2D eigenvalue weighted by atomic mass is 32.2. The van der Waals surface area contributed by atoms with E-state index in [1.807, 2.05) is 13.0 Å². The van der Waals surface area contributed by atoms with Crippen LogP contribution in [0.3, 0.4) is 0 Å². The Labute approximate surface area is 175 Å². The van der Waals surface area contributed by atoms with Crippen molar-refractivity contribution in [1.29, 1.82) is 5.26 Å². The summed E-state index contributed by atoms with van der Waals surface area (Å²) in [4.78, 5) is 30.9. The molecule has 1 aliphatic rings. The lowest BCUT2D eigenvalue weighted by Gasteiger charge is -2.29. The largest absolute Gasteiger partial charge is 0.462 e. The van der Waals surface area contributed by atoms with E-state index in [9.17, 15) is 23.3 Å². The first kappa shape index (κ1) is 23.2. The molecule has 0 bridgehead atoms. The fourth-order valence-corrected chi connectivity index (χ4v) is 5.96. The number of nitrogens with zero attached hydrogens (tertiary/aromatic N) is 3. The highest BCUT2D eigenvalue weighted by Gasteiger charge is 2.35. The van der Waals surface area contributed by atoms with Crippen LogP contribution in [0.25, 0.3) is 0 Å². The number of pyridine rings is 1. The first-order valence-corrected chi connectivity index (χ1v) is 12.1. The molecule has 10 heteroatoms. The van der Waals surface area contributed by atoms with Gasteiger partial charge in [-0.1, -0.05) is 11.8 Å². The van der Waals surface area contributed by atoms with E-state index in [0.717, 1.165) is 11.8 Å². The number of sulfone groups is 1. The molecule has 1 aliphatic heterocycles. The molecule has 0 saturated carbocycles. The van der Waals surface area contributed by atoms with Crippen molar-refractivity contribution in [2.75, 3.05) is 24.7 Å². The Morgan fingerprint density at radius 1 is 1.45 bits per heavy atom. The fraction of sp³-hybridized carbons (Fsp3) is 0.579. The Bertz CT molecular complexity index is 940. The van der Waals surface area contributed by atoms with Crippen molar-refractivity contribution in [3.8, 4) is 6.07 Å². The molecule has 158 valence electrons. The van der Waals surface area contributed by atoms with Crippen LogP contribution in [-0.4, -0.2) is 66.1 Å². The summed E-state index contributed by atoms with van der Waals surface area (Å²) in [5, 5.41) is 9.26. The van der Waals surface area contributed by atoms with Gasteiger partial charge in [-0.15, -0.1) is 0 Å². The predicted molar refractivity (Wildman–Crippen MR) is 109 cm³/mol. The normalized spacial score (nSPS) is 18.7. The van der Waals surface area contributed by atoms with Crippen LogP contribution < -0.4 is 0 Å². The summed E-state index contributed by atoms with van der Waals surface area (Å²) >= 11 is 1.13. The van der Waals surface area contributed by atoms with Gasteiger partial charge in [0.1, 0.15) is 11.1 Å². The zero-order chi connectivity index (χ0) is 21.8. The third-order valence-corrected chi connectivity index (χ3v) is 7.54. The number of hydrogen-bond acceptors (Lipinski definition) is 8. The number of rotatable bonds is 7. The Morgan fingerprint density at radius 3 is 2.66 bits per heavy atom. The van der Waals surface area contributed by atoms with E-state index >= 15 is 0 Å². The summed E-state index contributed by atoms with van der Waals surface area (Å²) in [7, 11) is -3.10. The van der Waals surface area contributed by atoms with Crippen LogP contribution in [0.15, 0.2) is 11.1 Å². The maximum Gasteiger partial charge on any atom is 0.340 e. The van der Waals surface area contributed by atoms with Gasteiger partial charge in [0.25, 0.3) is 0 Å². The summed E-state index contributed by atoms with van der Waals surface area (Å²) < 4.78 is 28.5. The minimum absolute atomic E-state index is 0.0149. The average molecular weight is 440 g/mol. The summed E-state index contributed by atoms with van der Waals surface area (Å²) in [6.45, 7) is 7.48. The molecule has 0 N–H and O–H groups in total. The monoisotopic (exact) mass is 439 g/mol. The third-order valence-electron chi connectivity index (χ3n) is 4.70. The van der Waals surface area contributed by atoms with Crippen molar-refractivity contribution in [3.05, 3.63) is 22.9 Å². The number of ether oxygens (including phenoxy) is 1. The lowest BCUT2D eigenvalue weighted by molar-refractivity contribution is -0.131. The predicted octanol–water partition coefficient (Wildman–Crippen LogP) is 1.95. The van der Waals surface area contributed by atoms with Crippen LogP contribution in [0, 0.1) is 18.3 Å². The summed E-state index contributed by atoms with van der Waals surface area (Å²) in [6, 6.07) is 3.13. The van der Waals surface area contributed by atoms with E-state index in [2.05, 4.69) is 4.98 Å². The second-order valence-electron chi connectivity index (χ2n) is 6.75. The number of hydrogen-bond donors (Lipinski definition) is 0. The van der Waals surface area contributed by atoms with Crippen LogP contribution >= 0.6 is 11.8 Å². The second-order valence-corrected chi connectivity index (χ2v) is 10.3. The molecule has 0 aromatic carbocycles. The molecule has 2 rings (SSSR count). The number of nitriles is 1. The molecule has 1 amide bonds. The van der Waals surface area contributed by atoms with Gasteiger partial charge in [-0.3, -0.25) is 4.79 Å². The number of amides is 1. The van der Waals surface area contributed by atoms with Crippen molar-refractivity contribution < 1.29 is 22.7 Å². The maximum absolute atomic E-state index is 12.9. The molecule has 1 fully saturated rings. The molecule has 0 unspecified atom stereocenters. The number of aryl methyl sites for hydroxylation is 1. The molecule has 8 nitrogen and oxygen atoms in total. The average Bonchev–Trinajstić information content (AvgIpc) is 3.02. The Balaban J connectivity index is 2.21. The number of thioether (sulfide) groups is 1. The summed E-state index contributed by atoms with van der Waals surface area (Å²) in [5.74, 6) is -0.664. The van der Waals surface area contributed by atoms with Gasteiger partial charge in [-0.05, 0) is 40.2 Å². The van der Waals surface area contributed by atoms with E-state index in [4.69, 9.17) is 4.74 Å². The van der Waals surface area contributed by atoms with Crippen molar-refractivity contribution in [3.63, 3.8) is 0 Å². The number of esters is 1. The van der Waals surface area contributed by atoms with Gasteiger partial charge < -0.3 is 9.64 Å². The van der Waals surface area contributed by atoms with Gasteiger partial charge >= 0.3 is 5.97 Å². The highest BCUT2D eigenvalue weighted by molar-refractivity contribution is 8.00. The minimum atomic E-state index is -3.10. The van der Waals surface area contributed by atoms with Crippen LogP contribution in [0.1, 0.15) is 48.8 Å². The van der Waals surface area contributed by atoms with Crippen molar-refractivity contribution in [2.24, 2.45) is 0 Å². The molecule has 2 atom stereocenters. The maximum atomic E-state index is 12.9. The van der Waals surface area contributed by atoms with E-state index in [0.29, 0.717) is 23.7 Å². The fourth-order valence-electron chi connectivity index (χ4n) is 3.24. The number of aromatic nitrogens is 1. The van der Waals surface area contributed by atoms with Crippen LogP contribution in [0.5, 0.6) is 0 Å². The van der Waals surface area contributed by atoms with E-state index < -0.39 is 21.1 Å². The molecular formula is C19H25N3O5S2. The lowest BCUT2D eigenvalue weighted by atomic mass is 10.1. The molecular weight excluding hydrogens is 414 g/mol. The van der Waals surface area contributed by atoms with Crippen molar-refractivity contribution in [2.45, 2.75) is 50.4 Å². The van der Waals surface area contributed by atoms with Gasteiger partial charge in [-0.25, -0.2) is 18.2 Å². The topological polar surface area (TPSA) is 117 Å². The van der Waals surface area contributed by atoms with Gasteiger partial charge in [0.15, 0.2) is 9.84 Å². The van der Waals surface area contributed by atoms with E-state index in [1.54, 1.807) is 25.7 Å². The summed E-state index contributed by atoms with van der Waals surface area (Å²) in [6.07, 6.45) is 0.439. The van der Waals surface area contributed by atoms with Crippen LogP contribution in [0.2, 0.25) is 0 Å². The molecule has 0 spiro atoms. The van der Waals surface area contributed by atoms with E-state index in [1.165, 1.54) is 6.07 Å². The Hall–Kier alpha value is -2.12. The van der Waals surface area contributed by atoms with E-state index in [-0.39, 0.29) is 41.2 Å². The molecule has 1 aromatic heterocycles. The van der Waals surface area contributed by atoms with Crippen molar-refractivity contribution in [1.82, 2.24) is 9.88 Å². The van der Waals surface area contributed by atoms with Crippen LogP contribution in [-0.2, 0) is 19.4 Å². The third kappa shape index (κ3) is 5.48. The molecule has 29 heavy (non-hydrogen) atoms. The molecule has 2 heterocycles. The zero-order valence-electron chi connectivity index (χ0n) is 17.0. The van der Waals surface area contributed by atoms with Crippen LogP contribution in [0.4, 0.5) is 0 Å². The van der Waals surface area contributed by atoms with Gasteiger partial charge in [-0.2, -0.15) is 5.26 Å². The summed E-state index contributed by atoms with van der Waals surface area (Å²) in [5.41, 5.74) is 0.826. The van der Waals surface area contributed by atoms with Crippen molar-refractivity contribution >= 4 is 33.5 Å². The lowest BCUT2D eigenvalue weighted by Crippen LogP contribution is -2.44. The molecule has 0 radical (unpaired) electrons. The molecule has 0 aliphatic carbocycles. The first-order valence-electron chi connectivity index (χ1n) is 9.39. The smallest absolute Gasteiger partial charge is 0.340 e. The van der Waals surface area contributed by atoms with Gasteiger partial charge in [0.05, 0.1) is 40.2 Å². The SMILES string of the molecule is CCOC(=O)c1cc(C#N)c(S[C@@H](C)C(=O)N(CC)[C@H]2CCS(=O)(=O)C2)nc1C. The quantitative estimate of drug-likeness (QED) is 0.467. The minimum Gasteiger partial charge on any atom is -0.462 e. The zero-order valence-corrected chi connectivity index (χ0v) is 18.6. The molecule has 1 aromatic rings. The standard InChI is InChI=1S/C19H25N3O5S2/c1-5-22(15-7-8-29(25,26)11-15)18(23)13(4)28-17-14(10-20)9-16(12(3)21-17)19(24)27-6-2/h9,13,15H,5-8,11H2,1-4H3/t13-,15-/m0/s1. The number of carbonyl (C=O) groups is 2.